The number of rotatable bonds is 1. The Balaban J connectivity index is 1.97. The summed E-state index contributed by atoms with van der Waals surface area (Å²) in [4.78, 5) is 0. The quantitative estimate of drug-likeness (QED) is 0.719. The summed E-state index contributed by atoms with van der Waals surface area (Å²) in [6.07, 6.45) is 1.42. The Bertz CT molecular complexity index is 214. The molecule has 0 amide bonds. The smallest absolute Gasteiger partial charge is 0.0217 e. The van der Waals surface area contributed by atoms with Gasteiger partial charge in [0.1, 0.15) is 0 Å². The van der Waals surface area contributed by atoms with Gasteiger partial charge in [0, 0.05) is 11.3 Å². The van der Waals surface area contributed by atoms with Crippen LogP contribution in [0.3, 0.4) is 0 Å². The van der Waals surface area contributed by atoms with Crippen LogP contribution in [-0.4, -0.2) is 23.6 Å². The Morgan fingerprint density at radius 2 is 1.93 bits per heavy atom. The molecule has 14 heavy (non-hydrogen) atoms. The molecule has 1 aliphatic carbocycles. The summed E-state index contributed by atoms with van der Waals surface area (Å²) in [5.41, 5.74) is 0.611. The molecule has 4 unspecified atom stereocenters. The molecule has 2 rings (SSSR count). The van der Waals surface area contributed by atoms with E-state index >= 15 is 0 Å². The van der Waals surface area contributed by atoms with Crippen LogP contribution < -0.4 is 5.32 Å². The van der Waals surface area contributed by atoms with Crippen LogP contribution in [0.15, 0.2) is 0 Å². The molecule has 82 valence electrons. The number of nitrogens with one attached hydrogen (secondary N) is 1. The summed E-state index contributed by atoms with van der Waals surface area (Å²) in [7, 11) is 0. The first-order chi connectivity index (χ1) is 6.50. The van der Waals surface area contributed by atoms with Crippen molar-refractivity contribution in [1.29, 1.82) is 0 Å². The Hall–Kier alpha value is 0.310. The second kappa shape index (κ2) is 3.71. The molecule has 0 aromatic carbocycles. The maximum Gasteiger partial charge on any atom is 0.0217 e. The fourth-order valence-electron chi connectivity index (χ4n) is 2.57. The number of thioether (sulfide) groups is 1. The van der Waals surface area contributed by atoms with Crippen molar-refractivity contribution in [1.82, 2.24) is 5.32 Å². The molecule has 1 aliphatic heterocycles. The van der Waals surface area contributed by atoms with E-state index < -0.39 is 0 Å². The molecule has 2 heteroatoms. The Kier molecular flexibility index (Phi) is 2.87. The van der Waals surface area contributed by atoms with Gasteiger partial charge in [-0.3, -0.25) is 0 Å². The first-order valence-electron chi connectivity index (χ1n) is 5.85. The first kappa shape index (κ1) is 10.8. The Morgan fingerprint density at radius 1 is 1.29 bits per heavy atom. The minimum atomic E-state index is 0.611. The zero-order valence-electron chi connectivity index (χ0n) is 9.84. The Labute approximate surface area is 92.4 Å². The van der Waals surface area contributed by atoms with Crippen molar-refractivity contribution in [2.24, 2.45) is 17.3 Å². The molecule has 2 fully saturated rings. The van der Waals surface area contributed by atoms with Crippen molar-refractivity contribution in [3.63, 3.8) is 0 Å². The van der Waals surface area contributed by atoms with Crippen LogP contribution in [0.1, 0.15) is 34.1 Å². The molecule has 0 radical (unpaired) electrons. The highest BCUT2D eigenvalue weighted by Gasteiger charge is 2.51. The first-order valence-corrected chi connectivity index (χ1v) is 6.90. The highest BCUT2D eigenvalue weighted by atomic mass is 32.2. The standard InChI is InChI=1S/C12H23NS/c1-8-6-13-11(9(2)14-7-8)10-5-12(10,3)4/h8-11,13H,5-7H2,1-4H3. The lowest BCUT2D eigenvalue weighted by atomic mass is 10.0. The highest BCUT2D eigenvalue weighted by molar-refractivity contribution is 7.99. The van der Waals surface area contributed by atoms with Crippen molar-refractivity contribution in [2.45, 2.75) is 45.4 Å². The average Bonchev–Trinajstić information content (AvgIpc) is 2.74. The van der Waals surface area contributed by atoms with E-state index in [9.17, 15) is 0 Å². The molecule has 1 saturated heterocycles. The molecular formula is C12H23NS. The fraction of sp³-hybridized carbons (Fsp3) is 1.00. The van der Waals surface area contributed by atoms with E-state index in [1.807, 2.05) is 0 Å². The summed E-state index contributed by atoms with van der Waals surface area (Å²) < 4.78 is 0. The monoisotopic (exact) mass is 213 g/mol. The van der Waals surface area contributed by atoms with Crippen molar-refractivity contribution < 1.29 is 0 Å². The van der Waals surface area contributed by atoms with Gasteiger partial charge in [-0.15, -0.1) is 0 Å². The molecule has 0 aromatic rings. The minimum absolute atomic E-state index is 0.611. The average molecular weight is 213 g/mol. The SMILES string of the molecule is CC1CNC(C2CC2(C)C)C(C)SC1. The summed E-state index contributed by atoms with van der Waals surface area (Å²) >= 11 is 2.16. The van der Waals surface area contributed by atoms with Gasteiger partial charge >= 0.3 is 0 Å². The van der Waals surface area contributed by atoms with Crippen molar-refractivity contribution in [3.8, 4) is 0 Å². The summed E-state index contributed by atoms with van der Waals surface area (Å²) in [6.45, 7) is 10.8. The van der Waals surface area contributed by atoms with Crippen LogP contribution in [0.2, 0.25) is 0 Å². The van der Waals surface area contributed by atoms with Gasteiger partial charge in [-0.2, -0.15) is 11.8 Å². The third-order valence-corrected chi connectivity index (χ3v) is 5.46. The summed E-state index contributed by atoms with van der Waals surface area (Å²) in [5, 5.41) is 4.58. The van der Waals surface area contributed by atoms with E-state index in [1.165, 1.54) is 18.7 Å². The van der Waals surface area contributed by atoms with Crippen LogP contribution in [0.5, 0.6) is 0 Å². The van der Waals surface area contributed by atoms with Crippen LogP contribution in [0, 0.1) is 17.3 Å². The molecule has 0 spiro atoms. The van der Waals surface area contributed by atoms with Gasteiger partial charge in [0.15, 0.2) is 0 Å². The molecular weight excluding hydrogens is 190 g/mol. The van der Waals surface area contributed by atoms with E-state index in [-0.39, 0.29) is 0 Å². The van der Waals surface area contributed by atoms with Crippen LogP contribution >= 0.6 is 11.8 Å². The van der Waals surface area contributed by atoms with E-state index in [1.54, 1.807) is 0 Å². The van der Waals surface area contributed by atoms with E-state index in [2.05, 4.69) is 44.8 Å². The molecule has 1 heterocycles. The Morgan fingerprint density at radius 3 is 2.50 bits per heavy atom. The van der Waals surface area contributed by atoms with Gasteiger partial charge in [-0.25, -0.2) is 0 Å². The predicted octanol–water partition coefficient (Wildman–Crippen LogP) is 2.76. The molecule has 2 aliphatic rings. The molecule has 1 saturated carbocycles. The molecule has 1 nitrogen and oxygen atoms in total. The maximum absolute atomic E-state index is 3.78. The third-order valence-electron chi connectivity index (χ3n) is 3.87. The summed E-state index contributed by atoms with van der Waals surface area (Å²) in [6, 6.07) is 0.764. The van der Waals surface area contributed by atoms with E-state index in [0.717, 1.165) is 23.1 Å². The lowest BCUT2D eigenvalue weighted by Gasteiger charge is -2.23. The van der Waals surface area contributed by atoms with Gasteiger partial charge < -0.3 is 5.32 Å². The highest BCUT2D eigenvalue weighted by Crippen LogP contribution is 2.55. The largest absolute Gasteiger partial charge is 0.312 e. The number of hydrogen-bond donors (Lipinski definition) is 1. The normalized spacial score (nSPS) is 47.1. The van der Waals surface area contributed by atoms with E-state index in [4.69, 9.17) is 0 Å². The van der Waals surface area contributed by atoms with Gasteiger partial charge in [0.2, 0.25) is 0 Å². The number of hydrogen-bond acceptors (Lipinski definition) is 2. The minimum Gasteiger partial charge on any atom is -0.312 e. The zero-order chi connectivity index (χ0) is 10.3. The molecule has 0 aromatic heterocycles. The van der Waals surface area contributed by atoms with Crippen molar-refractivity contribution >= 4 is 11.8 Å². The maximum atomic E-state index is 3.78. The second-order valence-corrected chi connectivity index (χ2v) is 7.29. The lowest BCUT2D eigenvalue weighted by molar-refractivity contribution is 0.391. The predicted molar refractivity (Wildman–Crippen MR) is 64.8 cm³/mol. The fourth-order valence-corrected chi connectivity index (χ4v) is 3.82. The van der Waals surface area contributed by atoms with Crippen molar-refractivity contribution in [2.75, 3.05) is 12.3 Å². The van der Waals surface area contributed by atoms with Crippen LogP contribution in [0.25, 0.3) is 0 Å². The van der Waals surface area contributed by atoms with Crippen LogP contribution in [0.4, 0.5) is 0 Å². The third kappa shape index (κ3) is 2.11. The van der Waals surface area contributed by atoms with Gasteiger partial charge in [0.25, 0.3) is 0 Å². The van der Waals surface area contributed by atoms with Gasteiger partial charge in [-0.1, -0.05) is 27.7 Å². The van der Waals surface area contributed by atoms with Crippen molar-refractivity contribution in [3.05, 3.63) is 0 Å². The molecule has 0 bridgehead atoms. The van der Waals surface area contributed by atoms with Gasteiger partial charge in [-0.05, 0) is 36.0 Å². The lowest BCUT2D eigenvalue weighted by Crippen LogP contribution is -2.39. The van der Waals surface area contributed by atoms with E-state index in [0.29, 0.717) is 5.41 Å². The zero-order valence-corrected chi connectivity index (χ0v) is 10.7. The molecule has 1 N–H and O–H groups in total. The second-order valence-electron chi connectivity index (χ2n) is 5.88. The molecule has 4 atom stereocenters. The topological polar surface area (TPSA) is 12.0 Å². The summed E-state index contributed by atoms with van der Waals surface area (Å²) in [5.74, 6) is 3.10. The van der Waals surface area contributed by atoms with Gasteiger partial charge in [0.05, 0.1) is 0 Å². The van der Waals surface area contributed by atoms with Crippen LogP contribution in [-0.2, 0) is 0 Å².